The fourth-order valence-electron chi connectivity index (χ4n) is 13.9. The van der Waals surface area contributed by atoms with E-state index in [0.29, 0.717) is 85.8 Å². The average Bonchev–Trinajstić information content (AvgIpc) is 1.60. The summed E-state index contributed by atoms with van der Waals surface area (Å²) in [7, 11) is -5.33. The van der Waals surface area contributed by atoms with Crippen LogP contribution in [-0.4, -0.2) is 128 Å². The number of methoxy groups -OCH3 is 1. The molecule has 2 saturated carbocycles. The summed E-state index contributed by atoms with van der Waals surface area (Å²) in [6.07, 6.45) is 14.2. The van der Waals surface area contributed by atoms with E-state index in [9.17, 15) is 31.5 Å². The molecule has 8 heterocycles. The van der Waals surface area contributed by atoms with Crippen molar-refractivity contribution in [2.24, 2.45) is 0 Å². The molecule has 14 rings (SSSR count). The van der Waals surface area contributed by atoms with Gasteiger partial charge in [0.1, 0.15) is 59.2 Å². The maximum atomic E-state index is 12.5. The maximum Gasteiger partial charge on any atom is 0.348 e. The Labute approximate surface area is 526 Å². The van der Waals surface area contributed by atoms with Crippen LogP contribution in [0.2, 0.25) is 0 Å². The number of rotatable bonds is 14. The Morgan fingerprint density at radius 1 is 0.539 bits per heavy atom. The number of morpholine rings is 2. The Bertz CT molecular complexity index is 4220. The van der Waals surface area contributed by atoms with E-state index in [1.165, 1.54) is 102 Å². The Balaban J connectivity index is 0.000000164. The highest BCUT2D eigenvalue weighted by Gasteiger charge is 2.34. The molecular formula is C67H74N4O14S4. The lowest BCUT2D eigenvalue weighted by atomic mass is 9.83. The van der Waals surface area contributed by atoms with Gasteiger partial charge in [-0.25, -0.2) is 26.4 Å². The molecule has 4 fully saturated rings. The van der Waals surface area contributed by atoms with Crippen LogP contribution in [0, 0.1) is 0 Å². The number of carbonyl (C=O) groups is 2. The van der Waals surface area contributed by atoms with Crippen LogP contribution in [0.3, 0.4) is 0 Å². The molecule has 18 nitrogen and oxygen atoms in total. The number of fused-ring (bicyclic) bond motifs is 10. The Hall–Kier alpha value is -7.08. The van der Waals surface area contributed by atoms with Crippen molar-refractivity contribution in [2.45, 2.75) is 112 Å². The van der Waals surface area contributed by atoms with Gasteiger partial charge in [-0.15, -0.1) is 22.7 Å². The second-order valence-electron chi connectivity index (χ2n) is 23.9. The quantitative estimate of drug-likeness (QED) is 0.101. The summed E-state index contributed by atoms with van der Waals surface area (Å²) in [5, 5.41) is 9.76. The number of anilines is 2. The van der Waals surface area contributed by atoms with Crippen LogP contribution in [-0.2, 0) is 60.2 Å². The molecule has 0 bridgehead atoms. The molecule has 22 heteroatoms. The van der Waals surface area contributed by atoms with Crippen LogP contribution >= 0.6 is 22.7 Å². The van der Waals surface area contributed by atoms with E-state index < -0.39 is 25.6 Å². The van der Waals surface area contributed by atoms with Gasteiger partial charge in [-0.1, -0.05) is 38.5 Å². The first kappa shape index (κ1) is 60.8. The van der Waals surface area contributed by atoms with Crippen LogP contribution in [0.1, 0.15) is 118 Å². The summed E-state index contributed by atoms with van der Waals surface area (Å²) in [6.45, 7) is 8.07. The van der Waals surface area contributed by atoms with Crippen LogP contribution in [0.4, 0.5) is 11.4 Å². The summed E-state index contributed by atoms with van der Waals surface area (Å²) in [6, 6.07) is 26.2. The highest BCUT2D eigenvalue weighted by atomic mass is 32.2. The molecule has 0 radical (unpaired) electrons. The molecule has 4 aliphatic heterocycles. The van der Waals surface area contributed by atoms with Gasteiger partial charge in [0.05, 0.1) is 88.2 Å². The number of sulfone groups is 2. The van der Waals surface area contributed by atoms with Crippen molar-refractivity contribution in [3.05, 3.63) is 117 Å². The Morgan fingerprint density at radius 2 is 0.966 bits per heavy atom. The number of aromatic nitrogens is 2. The molecule has 470 valence electrons. The van der Waals surface area contributed by atoms with Crippen LogP contribution in [0.15, 0.2) is 94.7 Å². The van der Waals surface area contributed by atoms with Crippen molar-refractivity contribution in [1.29, 1.82) is 0 Å². The predicted octanol–water partition coefficient (Wildman–Crippen LogP) is 12.7. The molecule has 2 saturated heterocycles. The molecule has 6 aliphatic rings. The van der Waals surface area contributed by atoms with Crippen molar-refractivity contribution in [3.8, 4) is 45.5 Å². The van der Waals surface area contributed by atoms with E-state index in [4.69, 9.17) is 33.2 Å². The Kier molecular flexibility index (Phi) is 17.5. The largest absolute Gasteiger partial charge is 0.491 e. The number of carboxylic acid groups (broad SMARTS) is 1. The van der Waals surface area contributed by atoms with Gasteiger partial charge in [0.2, 0.25) is 0 Å². The minimum Gasteiger partial charge on any atom is -0.491 e. The SMILES string of the molecule is COC(=O)c1cc2c(s1)c(C1CCCCC1)c1n2CCOc2cc(OCc3cc(S(C)(=O)=O)ccc3N3CCOCC3)ccc2-1.CS(=O)(=O)c1ccc(N2CCOCC2)c(COc2ccc3c(c2)OCCn2c-3c(C3CCCCC3)c3sc(C(=O)O)cc32)c1. The van der Waals surface area contributed by atoms with E-state index in [1.54, 1.807) is 24.3 Å². The van der Waals surface area contributed by atoms with Gasteiger partial charge in [-0.3, -0.25) is 0 Å². The third-order valence-corrected chi connectivity index (χ3v) is 22.7. The molecule has 0 amide bonds. The number of aromatic carboxylic acids is 1. The number of ether oxygens (including phenoxy) is 7. The lowest BCUT2D eigenvalue weighted by molar-refractivity contribution is 0.0605. The summed E-state index contributed by atoms with van der Waals surface area (Å²) in [4.78, 5) is 30.3. The van der Waals surface area contributed by atoms with Crippen molar-refractivity contribution in [2.75, 3.05) is 95.2 Å². The molecule has 0 unspecified atom stereocenters. The summed E-state index contributed by atoms with van der Waals surface area (Å²) in [5.74, 6) is 2.40. The average molecular weight is 1290 g/mol. The maximum absolute atomic E-state index is 12.5. The molecule has 1 N–H and O–H groups in total. The van der Waals surface area contributed by atoms with Gasteiger partial charge < -0.3 is 57.2 Å². The number of esters is 1. The van der Waals surface area contributed by atoms with Gasteiger partial charge in [0, 0.05) is 84.5 Å². The predicted molar refractivity (Wildman–Crippen MR) is 345 cm³/mol. The zero-order valence-corrected chi connectivity index (χ0v) is 53.7. The molecule has 0 atom stereocenters. The molecule has 4 aromatic heterocycles. The van der Waals surface area contributed by atoms with E-state index in [1.807, 2.05) is 54.6 Å². The number of thiophene rings is 2. The number of carbonyl (C=O) groups excluding carboxylic acids is 1. The van der Waals surface area contributed by atoms with E-state index in [0.717, 1.165) is 118 Å². The van der Waals surface area contributed by atoms with E-state index in [-0.39, 0.29) is 29.0 Å². The zero-order chi connectivity index (χ0) is 61.6. The minimum absolute atomic E-state index is 0.201. The third-order valence-electron chi connectivity index (χ3n) is 18.2. The normalized spacial score (nSPS) is 17.4. The Morgan fingerprint density at radius 3 is 1.38 bits per heavy atom. The highest BCUT2D eigenvalue weighted by Crippen LogP contribution is 2.52. The molecular weight excluding hydrogens is 1210 g/mol. The standard InChI is InChI=1S/C34H38N2O7S2.C33H36N2O7S2/c1-40-34(37)30-20-28-33(44-30)31(22-6-4-3-5-7-22)32-26-10-8-24(19-29(26)42-17-14-36(28)32)43-21-23-18-25(45(2,38)39)9-11-27(23)35-12-15-41-16-13-35;1-44(38,39)24-8-10-26(34-11-14-40-15-12-34)22(17-24)20-42-23-7-9-25-28(18-23)41-16-13-35-27-19-29(33(36)37)43-32(27)30(31(25)35)21-5-3-2-4-6-21/h8-11,18-20,22H,3-7,12-17,21H2,1-2H3;7-10,17-19,21H,2-6,11-16,20H2,1H3,(H,36,37). The monoisotopic (exact) mass is 1290 g/mol. The van der Waals surface area contributed by atoms with Crippen molar-refractivity contribution >= 4 is 86.1 Å². The second kappa shape index (κ2) is 25.7. The fraction of sp³-hybridized carbons (Fsp3) is 0.433. The number of hydrogen-bond acceptors (Lipinski definition) is 17. The molecule has 8 aromatic rings. The van der Waals surface area contributed by atoms with Crippen LogP contribution < -0.4 is 28.7 Å². The van der Waals surface area contributed by atoms with Crippen LogP contribution in [0.5, 0.6) is 23.0 Å². The van der Waals surface area contributed by atoms with E-state index >= 15 is 0 Å². The van der Waals surface area contributed by atoms with Gasteiger partial charge in [-0.2, -0.15) is 0 Å². The van der Waals surface area contributed by atoms with Crippen LogP contribution in [0.25, 0.3) is 42.9 Å². The summed E-state index contributed by atoms with van der Waals surface area (Å²) in [5.41, 5.74) is 12.4. The number of carboxylic acids is 1. The number of hydrogen-bond donors (Lipinski definition) is 1. The molecule has 2 aliphatic carbocycles. The topological polar surface area (TPSA) is 204 Å². The third kappa shape index (κ3) is 12.5. The summed E-state index contributed by atoms with van der Waals surface area (Å²) < 4.78 is 97.7. The number of nitrogens with zero attached hydrogens (tertiary/aromatic N) is 4. The smallest absolute Gasteiger partial charge is 0.348 e. The summed E-state index contributed by atoms with van der Waals surface area (Å²) >= 11 is 2.92. The fourth-order valence-corrected chi connectivity index (χ4v) is 17.5. The molecule has 89 heavy (non-hydrogen) atoms. The van der Waals surface area contributed by atoms with E-state index in [2.05, 4.69) is 25.0 Å². The van der Waals surface area contributed by atoms with Gasteiger partial charge in [-0.05, 0) is 121 Å². The van der Waals surface area contributed by atoms with Gasteiger partial charge in [0.15, 0.2) is 19.7 Å². The first-order valence-electron chi connectivity index (χ1n) is 30.8. The zero-order valence-electron chi connectivity index (χ0n) is 50.4. The molecule has 0 spiro atoms. The highest BCUT2D eigenvalue weighted by molar-refractivity contribution is 7.91. The second-order valence-corrected chi connectivity index (χ2v) is 30.0. The van der Waals surface area contributed by atoms with Crippen molar-refractivity contribution in [1.82, 2.24) is 9.13 Å². The lowest BCUT2D eigenvalue weighted by Gasteiger charge is -2.30. The first-order valence-corrected chi connectivity index (χ1v) is 36.3. The lowest BCUT2D eigenvalue weighted by Crippen LogP contribution is -2.36. The first-order chi connectivity index (χ1) is 43.1. The van der Waals surface area contributed by atoms with Crippen molar-refractivity contribution < 1.29 is 64.7 Å². The number of benzene rings is 4. The van der Waals surface area contributed by atoms with Crippen molar-refractivity contribution in [3.63, 3.8) is 0 Å². The van der Waals surface area contributed by atoms with Gasteiger partial charge >= 0.3 is 11.9 Å². The molecule has 4 aromatic carbocycles. The van der Waals surface area contributed by atoms with Gasteiger partial charge in [0.25, 0.3) is 0 Å². The minimum atomic E-state index is -3.38.